The van der Waals surface area contributed by atoms with E-state index in [0.717, 1.165) is 32.1 Å². The lowest BCUT2D eigenvalue weighted by Crippen LogP contribution is -2.67. The lowest BCUT2D eigenvalue weighted by Gasteiger charge is -2.45. The number of benzene rings is 2. The summed E-state index contributed by atoms with van der Waals surface area (Å²) in [6.07, 6.45) is 5.56. The summed E-state index contributed by atoms with van der Waals surface area (Å²) in [5.74, 6) is 6.96. The summed E-state index contributed by atoms with van der Waals surface area (Å²) in [6.45, 7) is 20.5. The van der Waals surface area contributed by atoms with Gasteiger partial charge in [0.25, 0.3) is 8.32 Å². The monoisotopic (exact) mass is 610 g/mol. The fraction of sp³-hybridized carbons (Fsp3) is 0.611. The molecule has 0 aliphatic rings. The van der Waals surface area contributed by atoms with E-state index in [-0.39, 0.29) is 28.6 Å². The zero-order valence-electron chi connectivity index (χ0n) is 28.4. The SMILES string of the molecule is COC(CCCCC[C@H](CC#C[C@H](C)O[Si](C)(C)C(C)(C)C)O[Si](c1ccccc1)(c1ccccc1)C(C)(C)C)OC. The van der Waals surface area contributed by atoms with Gasteiger partial charge in [-0.25, -0.2) is 0 Å². The third kappa shape index (κ3) is 10.2. The minimum atomic E-state index is -2.68. The third-order valence-corrected chi connectivity index (χ3v) is 18.3. The third-order valence-electron chi connectivity index (χ3n) is 8.66. The van der Waals surface area contributed by atoms with Crippen molar-refractivity contribution in [1.29, 1.82) is 0 Å². The molecule has 2 aromatic carbocycles. The largest absolute Gasteiger partial charge is 0.404 e. The van der Waals surface area contributed by atoms with Crippen LogP contribution in [0.5, 0.6) is 0 Å². The van der Waals surface area contributed by atoms with E-state index < -0.39 is 16.6 Å². The number of hydrogen-bond donors (Lipinski definition) is 0. The van der Waals surface area contributed by atoms with Crippen LogP contribution < -0.4 is 10.4 Å². The Bertz CT molecular complexity index is 1050. The number of unbranched alkanes of at least 4 members (excludes halogenated alkanes) is 2. The van der Waals surface area contributed by atoms with E-state index in [1.807, 2.05) is 0 Å². The fourth-order valence-corrected chi connectivity index (χ4v) is 11.3. The summed E-state index contributed by atoms with van der Waals surface area (Å²) >= 11 is 0. The molecule has 0 spiro atoms. The summed E-state index contributed by atoms with van der Waals surface area (Å²) in [5, 5.41) is 2.69. The van der Waals surface area contributed by atoms with Gasteiger partial charge in [-0.1, -0.05) is 127 Å². The Balaban J connectivity index is 2.39. The van der Waals surface area contributed by atoms with Crippen LogP contribution in [0.2, 0.25) is 23.2 Å². The average Bonchev–Trinajstić information content (AvgIpc) is 2.92. The average molecular weight is 611 g/mol. The van der Waals surface area contributed by atoms with Crippen LogP contribution in [0.25, 0.3) is 0 Å². The second-order valence-electron chi connectivity index (χ2n) is 14.0. The molecule has 0 fully saturated rings. The summed E-state index contributed by atoms with van der Waals surface area (Å²) in [4.78, 5) is 0. The lowest BCUT2D eigenvalue weighted by atomic mass is 10.1. The summed E-state index contributed by atoms with van der Waals surface area (Å²) < 4.78 is 24.9. The summed E-state index contributed by atoms with van der Waals surface area (Å²) in [5.41, 5.74) is 0. The highest BCUT2D eigenvalue weighted by Crippen LogP contribution is 2.39. The molecule has 0 aliphatic heterocycles. The van der Waals surface area contributed by atoms with Gasteiger partial charge in [0.1, 0.15) is 6.10 Å². The van der Waals surface area contributed by atoms with Crippen molar-refractivity contribution in [2.45, 2.75) is 129 Å². The van der Waals surface area contributed by atoms with E-state index in [4.69, 9.17) is 18.3 Å². The molecular weight excluding hydrogens is 553 g/mol. The molecule has 0 saturated carbocycles. The lowest BCUT2D eigenvalue weighted by molar-refractivity contribution is -0.107. The molecule has 4 nitrogen and oxygen atoms in total. The highest BCUT2D eigenvalue weighted by atomic mass is 28.4. The molecule has 234 valence electrons. The molecule has 2 rings (SSSR count). The first-order valence-electron chi connectivity index (χ1n) is 15.7. The molecular formula is C36H58O4Si2. The predicted octanol–water partition coefficient (Wildman–Crippen LogP) is 8.30. The zero-order chi connectivity index (χ0) is 31.4. The molecule has 0 aliphatic carbocycles. The van der Waals surface area contributed by atoms with Crippen LogP contribution in [0.4, 0.5) is 0 Å². The van der Waals surface area contributed by atoms with Crippen molar-refractivity contribution in [3.05, 3.63) is 60.7 Å². The predicted molar refractivity (Wildman–Crippen MR) is 184 cm³/mol. The number of hydrogen-bond acceptors (Lipinski definition) is 4. The van der Waals surface area contributed by atoms with Gasteiger partial charge < -0.3 is 18.3 Å². The smallest absolute Gasteiger partial charge is 0.261 e. The van der Waals surface area contributed by atoms with Crippen molar-refractivity contribution in [3.63, 3.8) is 0 Å². The Morgan fingerprint density at radius 1 is 0.690 bits per heavy atom. The maximum Gasteiger partial charge on any atom is 0.261 e. The molecule has 0 heterocycles. The standard InChI is InChI=1S/C36H58O4Si2/c1-30(39-41(10,11)35(2,3)4)22-21-24-31(23-15-12-20-29-34(37-8)38-9)40-42(36(5,6)7,32-25-16-13-17-26-32)33-27-18-14-19-28-33/h13-14,16-19,25-28,30-31,34H,12,15,20,23-24,29H2,1-11H3/t30-,31+/m0/s1. The van der Waals surface area contributed by atoms with Crippen molar-refractivity contribution in [3.8, 4) is 11.8 Å². The molecule has 6 heteroatoms. The maximum atomic E-state index is 7.54. The first-order chi connectivity index (χ1) is 19.7. The van der Waals surface area contributed by atoms with Gasteiger partial charge in [0.2, 0.25) is 0 Å². The molecule has 0 unspecified atom stereocenters. The minimum absolute atomic E-state index is 0.0181. The van der Waals surface area contributed by atoms with Crippen molar-refractivity contribution >= 4 is 27.0 Å². The van der Waals surface area contributed by atoms with Gasteiger partial charge in [0.05, 0.1) is 6.10 Å². The van der Waals surface area contributed by atoms with E-state index in [0.29, 0.717) is 6.42 Å². The highest BCUT2D eigenvalue weighted by Gasteiger charge is 2.51. The first kappa shape index (κ1) is 36.5. The molecule has 0 bridgehead atoms. The quantitative estimate of drug-likeness (QED) is 0.0880. The number of ether oxygens (including phenoxy) is 2. The Morgan fingerprint density at radius 3 is 1.64 bits per heavy atom. The van der Waals surface area contributed by atoms with E-state index in [2.05, 4.69) is 134 Å². The van der Waals surface area contributed by atoms with Crippen LogP contribution in [-0.4, -0.2) is 49.4 Å². The van der Waals surface area contributed by atoms with Crippen LogP contribution in [0.1, 0.15) is 87.0 Å². The van der Waals surface area contributed by atoms with Gasteiger partial charge in [0, 0.05) is 20.6 Å². The zero-order valence-corrected chi connectivity index (χ0v) is 30.4. The van der Waals surface area contributed by atoms with Gasteiger partial charge in [-0.3, -0.25) is 0 Å². The van der Waals surface area contributed by atoms with Gasteiger partial charge in [-0.05, 0) is 59.7 Å². The summed E-state index contributed by atoms with van der Waals surface area (Å²) in [6, 6.07) is 21.8. The van der Waals surface area contributed by atoms with E-state index in [9.17, 15) is 0 Å². The molecule has 0 amide bonds. The normalized spacial score (nSPS) is 14.4. The van der Waals surface area contributed by atoms with Gasteiger partial charge in [0.15, 0.2) is 14.6 Å². The molecule has 2 atom stereocenters. The van der Waals surface area contributed by atoms with Crippen LogP contribution in [-0.2, 0) is 18.3 Å². The van der Waals surface area contributed by atoms with Crippen molar-refractivity contribution in [2.75, 3.05) is 14.2 Å². The van der Waals surface area contributed by atoms with Crippen molar-refractivity contribution < 1.29 is 18.3 Å². The van der Waals surface area contributed by atoms with Gasteiger partial charge >= 0.3 is 0 Å². The van der Waals surface area contributed by atoms with Crippen LogP contribution >= 0.6 is 0 Å². The van der Waals surface area contributed by atoms with Crippen molar-refractivity contribution in [2.24, 2.45) is 0 Å². The minimum Gasteiger partial charge on any atom is -0.404 e. The maximum absolute atomic E-state index is 7.54. The topological polar surface area (TPSA) is 36.9 Å². The van der Waals surface area contributed by atoms with Crippen LogP contribution in [0, 0.1) is 11.8 Å². The Labute approximate surface area is 260 Å². The highest BCUT2D eigenvalue weighted by molar-refractivity contribution is 6.99. The molecule has 42 heavy (non-hydrogen) atoms. The van der Waals surface area contributed by atoms with E-state index >= 15 is 0 Å². The van der Waals surface area contributed by atoms with Gasteiger partial charge in [-0.2, -0.15) is 0 Å². The Hall–Kier alpha value is -1.73. The molecule has 0 radical (unpaired) electrons. The number of rotatable bonds is 15. The van der Waals surface area contributed by atoms with E-state index in [1.54, 1.807) is 14.2 Å². The molecule has 0 N–H and O–H groups in total. The fourth-order valence-electron chi connectivity index (χ4n) is 5.30. The Kier molecular flexibility index (Phi) is 14.2. The molecule has 2 aromatic rings. The second kappa shape index (κ2) is 16.4. The van der Waals surface area contributed by atoms with Gasteiger partial charge in [-0.15, -0.1) is 0 Å². The van der Waals surface area contributed by atoms with Crippen LogP contribution in [0.15, 0.2) is 60.7 Å². The molecule has 0 saturated heterocycles. The second-order valence-corrected chi connectivity index (χ2v) is 23.0. The first-order valence-corrected chi connectivity index (χ1v) is 20.5. The van der Waals surface area contributed by atoms with Crippen LogP contribution in [0.3, 0.4) is 0 Å². The summed E-state index contributed by atoms with van der Waals surface area (Å²) in [7, 11) is -1.16. The number of methoxy groups -OCH3 is 2. The van der Waals surface area contributed by atoms with Crippen molar-refractivity contribution in [1.82, 2.24) is 0 Å². The molecule has 0 aromatic heterocycles. The van der Waals surface area contributed by atoms with E-state index in [1.165, 1.54) is 10.4 Å². The Morgan fingerprint density at radius 2 is 1.19 bits per heavy atom.